The van der Waals surface area contributed by atoms with Gasteiger partial charge in [-0.25, -0.2) is 9.97 Å². The van der Waals surface area contributed by atoms with E-state index in [-0.39, 0.29) is 0 Å². The van der Waals surface area contributed by atoms with Crippen molar-refractivity contribution in [3.8, 4) is 0 Å². The summed E-state index contributed by atoms with van der Waals surface area (Å²) in [6.07, 6.45) is 7.05. The Bertz CT molecular complexity index is 238. The van der Waals surface area contributed by atoms with Gasteiger partial charge in [0, 0.05) is 6.42 Å². The standard InChI is InChI=1S/C8H11N3/c9-7-4-10-8(11-5-7)3-6-1-2-6/h4-6H,1-3,9H2. The average Bonchev–Trinajstić information content (AvgIpc) is 2.78. The molecule has 1 aliphatic rings. The summed E-state index contributed by atoms with van der Waals surface area (Å²) in [5.74, 6) is 1.78. The molecule has 0 atom stereocenters. The van der Waals surface area contributed by atoms with Gasteiger partial charge in [-0.15, -0.1) is 0 Å². The highest BCUT2D eigenvalue weighted by Gasteiger charge is 2.22. The molecule has 0 spiro atoms. The molecule has 1 aliphatic carbocycles. The van der Waals surface area contributed by atoms with Gasteiger partial charge in [0.1, 0.15) is 5.82 Å². The zero-order valence-corrected chi connectivity index (χ0v) is 6.33. The van der Waals surface area contributed by atoms with Gasteiger partial charge >= 0.3 is 0 Å². The summed E-state index contributed by atoms with van der Waals surface area (Å²) in [5.41, 5.74) is 6.09. The number of hydrogen-bond donors (Lipinski definition) is 1. The highest BCUT2D eigenvalue weighted by Crippen LogP contribution is 2.31. The number of nitrogens with zero attached hydrogens (tertiary/aromatic N) is 2. The third-order valence-electron chi connectivity index (χ3n) is 1.89. The maximum absolute atomic E-state index is 5.45. The topological polar surface area (TPSA) is 51.8 Å². The molecular formula is C8H11N3. The smallest absolute Gasteiger partial charge is 0.128 e. The first-order valence-electron chi connectivity index (χ1n) is 3.91. The van der Waals surface area contributed by atoms with Crippen LogP contribution in [0.4, 0.5) is 5.69 Å². The minimum atomic E-state index is 0.643. The second-order valence-electron chi connectivity index (χ2n) is 3.08. The van der Waals surface area contributed by atoms with Gasteiger partial charge in [0.2, 0.25) is 0 Å². The molecule has 3 nitrogen and oxygen atoms in total. The highest BCUT2D eigenvalue weighted by molar-refractivity contribution is 5.30. The van der Waals surface area contributed by atoms with Crippen LogP contribution >= 0.6 is 0 Å². The number of anilines is 1. The van der Waals surface area contributed by atoms with Crippen molar-refractivity contribution in [1.82, 2.24) is 9.97 Å². The van der Waals surface area contributed by atoms with Gasteiger partial charge in [-0.1, -0.05) is 0 Å². The Balaban J connectivity index is 2.06. The van der Waals surface area contributed by atoms with Gasteiger partial charge in [0.05, 0.1) is 18.1 Å². The van der Waals surface area contributed by atoms with Crippen LogP contribution in [0.2, 0.25) is 0 Å². The molecule has 0 unspecified atom stereocenters. The van der Waals surface area contributed by atoms with Gasteiger partial charge in [0.25, 0.3) is 0 Å². The number of rotatable bonds is 2. The largest absolute Gasteiger partial charge is 0.396 e. The molecule has 2 N–H and O–H groups in total. The van der Waals surface area contributed by atoms with E-state index in [1.54, 1.807) is 12.4 Å². The Labute approximate surface area is 65.7 Å². The monoisotopic (exact) mass is 149 g/mol. The molecule has 2 rings (SSSR count). The SMILES string of the molecule is Nc1cnc(CC2CC2)nc1. The summed E-state index contributed by atoms with van der Waals surface area (Å²) in [6, 6.07) is 0. The van der Waals surface area contributed by atoms with Crippen molar-refractivity contribution in [2.24, 2.45) is 5.92 Å². The van der Waals surface area contributed by atoms with Crippen LogP contribution in [0.1, 0.15) is 18.7 Å². The summed E-state index contributed by atoms with van der Waals surface area (Å²) in [5, 5.41) is 0. The van der Waals surface area contributed by atoms with E-state index in [9.17, 15) is 0 Å². The Kier molecular flexibility index (Phi) is 1.49. The molecule has 1 aromatic rings. The van der Waals surface area contributed by atoms with Crippen LogP contribution in [0.3, 0.4) is 0 Å². The fourth-order valence-corrected chi connectivity index (χ4v) is 1.05. The van der Waals surface area contributed by atoms with Gasteiger partial charge < -0.3 is 5.73 Å². The van der Waals surface area contributed by atoms with Crippen molar-refractivity contribution in [3.05, 3.63) is 18.2 Å². The molecule has 11 heavy (non-hydrogen) atoms. The predicted octanol–water partition coefficient (Wildman–Crippen LogP) is 1.01. The molecule has 0 aliphatic heterocycles. The zero-order chi connectivity index (χ0) is 7.68. The molecule has 1 aromatic heterocycles. The summed E-state index contributed by atoms with van der Waals surface area (Å²) in [6.45, 7) is 0. The van der Waals surface area contributed by atoms with Crippen LogP contribution in [0.15, 0.2) is 12.4 Å². The van der Waals surface area contributed by atoms with Crippen molar-refractivity contribution in [1.29, 1.82) is 0 Å². The molecule has 58 valence electrons. The minimum Gasteiger partial charge on any atom is -0.396 e. The van der Waals surface area contributed by atoms with Gasteiger partial charge in [-0.3, -0.25) is 0 Å². The fraction of sp³-hybridized carbons (Fsp3) is 0.500. The minimum absolute atomic E-state index is 0.643. The van der Waals surface area contributed by atoms with E-state index < -0.39 is 0 Å². The summed E-state index contributed by atoms with van der Waals surface area (Å²) < 4.78 is 0. The van der Waals surface area contributed by atoms with Crippen molar-refractivity contribution in [3.63, 3.8) is 0 Å². The van der Waals surface area contributed by atoms with Crippen molar-refractivity contribution >= 4 is 5.69 Å². The maximum Gasteiger partial charge on any atom is 0.128 e. The first kappa shape index (κ1) is 6.58. The van der Waals surface area contributed by atoms with Crippen LogP contribution in [-0.2, 0) is 6.42 Å². The molecule has 0 saturated heterocycles. The average molecular weight is 149 g/mol. The van der Waals surface area contributed by atoms with E-state index in [4.69, 9.17) is 5.73 Å². The molecule has 1 fully saturated rings. The lowest BCUT2D eigenvalue weighted by Gasteiger charge is -1.96. The molecule has 0 radical (unpaired) electrons. The molecular weight excluding hydrogens is 138 g/mol. The van der Waals surface area contributed by atoms with E-state index in [1.165, 1.54) is 12.8 Å². The Morgan fingerprint density at radius 1 is 1.36 bits per heavy atom. The second kappa shape index (κ2) is 2.49. The number of nitrogens with two attached hydrogens (primary N) is 1. The zero-order valence-electron chi connectivity index (χ0n) is 6.33. The first-order chi connectivity index (χ1) is 5.34. The lowest BCUT2D eigenvalue weighted by atomic mass is 10.3. The Morgan fingerprint density at radius 2 is 2.00 bits per heavy atom. The van der Waals surface area contributed by atoms with Gasteiger partial charge in [0.15, 0.2) is 0 Å². The van der Waals surface area contributed by atoms with Crippen molar-refractivity contribution in [2.45, 2.75) is 19.3 Å². The quantitative estimate of drug-likeness (QED) is 0.682. The maximum atomic E-state index is 5.45. The van der Waals surface area contributed by atoms with E-state index in [2.05, 4.69) is 9.97 Å². The van der Waals surface area contributed by atoms with E-state index >= 15 is 0 Å². The molecule has 0 amide bonds. The Hall–Kier alpha value is -1.12. The second-order valence-corrected chi connectivity index (χ2v) is 3.08. The van der Waals surface area contributed by atoms with Gasteiger partial charge in [-0.2, -0.15) is 0 Å². The van der Waals surface area contributed by atoms with Crippen molar-refractivity contribution in [2.75, 3.05) is 5.73 Å². The van der Waals surface area contributed by atoms with Crippen LogP contribution in [-0.4, -0.2) is 9.97 Å². The Morgan fingerprint density at radius 3 is 2.55 bits per heavy atom. The van der Waals surface area contributed by atoms with E-state index in [1.807, 2.05) is 0 Å². The van der Waals surface area contributed by atoms with E-state index in [0.717, 1.165) is 18.2 Å². The first-order valence-corrected chi connectivity index (χ1v) is 3.91. The van der Waals surface area contributed by atoms with Crippen LogP contribution in [0, 0.1) is 5.92 Å². The van der Waals surface area contributed by atoms with Crippen LogP contribution < -0.4 is 5.73 Å². The van der Waals surface area contributed by atoms with Gasteiger partial charge in [-0.05, 0) is 18.8 Å². The summed E-state index contributed by atoms with van der Waals surface area (Å²) in [7, 11) is 0. The molecule has 3 heteroatoms. The number of aromatic nitrogens is 2. The number of hydrogen-bond acceptors (Lipinski definition) is 3. The molecule has 1 heterocycles. The highest BCUT2D eigenvalue weighted by atomic mass is 14.9. The lowest BCUT2D eigenvalue weighted by Crippen LogP contribution is -1.97. The lowest BCUT2D eigenvalue weighted by molar-refractivity contribution is 0.770. The third-order valence-corrected chi connectivity index (χ3v) is 1.89. The summed E-state index contributed by atoms with van der Waals surface area (Å²) in [4.78, 5) is 8.24. The van der Waals surface area contributed by atoms with Crippen LogP contribution in [0.5, 0.6) is 0 Å². The number of nitrogen functional groups attached to an aromatic ring is 1. The predicted molar refractivity (Wildman–Crippen MR) is 42.9 cm³/mol. The summed E-state index contributed by atoms with van der Waals surface area (Å²) >= 11 is 0. The molecule has 0 bridgehead atoms. The van der Waals surface area contributed by atoms with Crippen LogP contribution in [0.25, 0.3) is 0 Å². The van der Waals surface area contributed by atoms with E-state index in [0.29, 0.717) is 5.69 Å². The van der Waals surface area contributed by atoms with Crippen molar-refractivity contribution < 1.29 is 0 Å². The third kappa shape index (κ3) is 1.67. The molecule has 0 aromatic carbocycles. The fourth-order valence-electron chi connectivity index (χ4n) is 1.05. The normalized spacial score (nSPS) is 16.7. The molecule has 1 saturated carbocycles.